The lowest BCUT2D eigenvalue weighted by molar-refractivity contribution is -0.143. The van der Waals surface area contributed by atoms with Gasteiger partial charge in [-0.05, 0) is 58.8 Å². The van der Waals surface area contributed by atoms with Crippen molar-refractivity contribution in [2.75, 3.05) is 6.54 Å². The predicted molar refractivity (Wildman–Crippen MR) is 151 cm³/mol. The standard InChI is InChI=1S/C32H23F6N3O3/c33-31(34,35)25-14-24(15-26(16-25)32(36,37)38)27-17-28(23-10-9-20-3-1-2-4-22(20)13-23)41(40-27)18-19-5-7-21(8-6-19)30(44)39-12-11-29(42)43/h1-10,13-17H,11-12,18H2,(H,39,44)(H,42,43). The number of carboxylic acids is 1. The van der Waals surface area contributed by atoms with Crippen molar-refractivity contribution in [3.63, 3.8) is 0 Å². The van der Waals surface area contributed by atoms with Crippen molar-refractivity contribution in [3.8, 4) is 22.5 Å². The fourth-order valence-electron chi connectivity index (χ4n) is 4.68. The minimum absolute atomic E-state index is 0.0489. The summed E-state index contributed by atoms with van der Waals surface area (Å²) in [6.45, 7) is 0.0286. The van der Waals surface area contributed by atoms with Crippen LogP contribution in [-0.4, -0.2) is 33.3 Å². The Kier molecular flexibility index (Phi) is 8.18. The zero-order valence-electron chi connectivity index (χ0n) is 22.7. The highest BCUT2D eigenvalue weighted by molar-refractivity contribution is 5.94. The molecule has 6 nitrogen and oxygen atoms in total. The molecular formula is C32H23F6N3O3. The topological polar surface area (TPSA) is 84.2 Å². The number of carboxylic acid groups (broad SMARTS) is 1. The number of hydrogen-bond donors (Lipinski definition) is 2. The number of fused-ring (bicyclic) bond motifs is 1. The summed E-state index contributed by atoms with van der Waals surface area (Å²) < 4.78 is 83.0. The molecule has 44 heavy (non-hydrogen) atoms. The van der Waals surface area contributed by atoms with Gasteiger partial charge in [0.25, 0.3) is 5.91 Å². The lowest BCUT2D eigenvalue weighted by Gasteiger charge is -2.13. The van der Waals surface area contributed by atoms with Gasteiger partial charge < -0.3 is 10.4 Å². The van der Waals surface area contributed by atoms with Gasteiger partial charge in [0.05, 0.1) is 35.5 Å². The highest BCUT2D eigenvalue weighted by Gasteiger charge is 2.37. The highest BCUT2D eigenvalue weighted by atomic mass is 19.4. The molecule has 226 valence electrons. The molecule has 1 amide bonds. The number of benzene rings is 4. The molecule has 0 bridgehead atoms. The summed E-state index contributed by atoms with van der Waals surface area (Å²) in [5.41, 5.74) is -1.31. The fourth-order valence-corrected chi connectivity index (χ4v) is 4.68. The zero-order chi connectivity index (χ0) is 31.6. The maximum Gasteiger partial charge on any atom is 0.416 e. The molecular weight excluding hydrogens is 588 g/mol. The zero-order valence-corrected chi connectivity index (χ0v) is 22.7. The second kappa shape index (κ2) is 11.9. The lowest BCUT2D eigenvalue weighted by atomic mass is 10.0. The van der Waals surface area contributed by atoms with Crippen molar-refractivity contribution in [2.24, 2.45) is 0 Å². The molecule has 0 aliphatic rings. The van der Waals surface area contributed by atoms with Crippen LogP contribution in [0, 0.1) is 0 Å². The maximum absolute atomic E-state index is 13.6. The summed E-state index contributed by atoms with van der Waals surface area (Å²) in [6, 6.07) is 22.1. The Balaban J connectivity index is 1.55. The third-order valence-corrected chi connectivity index (χ3v) is 6.88. The van der Waals surface area contributed by atoms with E-state index in [2.05, 4.69) is 10.4 Å². The van der Waals surface area contributed by atoms with E-state index in [1.54, 1.807) is 18.2 Å². The summed E-state index contributed by atoms with van der Waals surface area (Å²) in [7, 11) is 0. The molecule has 12 heteroatoms. The Morgan fingerprint density at radius 1 is 0.750 bits per heavy atom. The summed E-state index contributed by atoms with van der Waals surface area (Å²) >= 11 is 0. The molecule has 0 spiro atoms. The Morgan fingerprint density at radius 3 is 2.00 bits per heavy atom. The fraction of sp³-hybridized carbons (Fsp3) is 0.156. The molecule has 0 unspecified atom stereocenters. The van der Waals surface area contributed by atoms with E-state index in [1.807, 2.05) is 36.4 Å². The van der Waals surface area contributed by atoms with Gasteiger partial charge in [0.15, 0.2) is 0 Å². The number of aromatic nitrogens is 2. The quantitative estimate of drug-likeness (QED) is 0.177. The average Bonchev–Trinajstić information content (AvgIpc) is 3.39. The van der Waals surface area contributed by atoms with Gasteiger partial charge in [0.2, 0.25) is 0 Å². The van der Waals surface area contributed by atoms with Crippen LogP contribution in [0.3, 0.4) is 0 Å². The van der Waals surface area contributed by atoms with E-state index >= 15 is 0 Å². The van der Waals surface area contributed by atoms with Gasteiger partial charge >= 0.3 is 18.3 Å². The number of nitrogens with zero attached hydrogens (tertiary/aromatic N) is 2. The van der Waals surface area contributed by atoms with Gasteiger partial charge in [-0.2, -0.15) is 31.4 Å². The van der Waals surface area contributed by atoms with Crippen LogP contribution in [0.15, 0.2) is 91.0 Å². The summed E-state index contributed by atoms with van der Waals surface area (Å²) in [4.78, 5) is 23.0. The molecule has 2 N–H and O–H groups in total. The van der Waals surface area contributed by atoms with E-state index < -0.39 is 35.4 Å². The number of carbonyl (C=O) groups excluding carboxylic acids is 1. The molecule has 1 heterocycles. The Bertz CT molecular complexity index is 1810. The first-order valence-corrected chi connectivity index (χ1v) is 13.2. The minimum atomic E-state index is -5.01. The van der Waals surface area contributed by atoms with Crippen molar-refractivity contribution < 1.29 is 41.0 Å². The summed E-state index contributed by atoms with van der Waals surface area (Å²) in [5.74, 6) is -1.53. The number of amides is 1. The van der Waals surface area contributed by atoms with Crippen LogP contribution in [0.4, 0.5) is 26.3 Å². The first-order valence-electron chi connectivity index (χ1n) is 13.2. The molecule has 5 rings (SSSR count). The van der Waals surface area contributed by atoms with Crippen LogP contribution < -0.4 is 5.32 Å². The number of halogens is 6. The number of rotatable bonds is 8. The molecule has 0 radical (unpaired) electrons. The van der Waals surface area contributed by atoms with Crippen molar-refractivity contribution >= 4 is 22.6 Å². The third kappa shape index (κ3) is 6.91. The van der Waals surface area contributed by atoms with Crippen LogP contribution in [0.5, 0.6) is 0 Å². The number of nitrogens with one attached hydrogen (secondary N) is 1. The van der Waals surface area contributed by atoms with E-state index in [-0.39, 0.29) is 42.4 Å². The van der Waals surface area contributed by atoms with Crippen LogP contribution >= 0.6 is 0 Å². The largest absolute Gasteiger partial charge is 0.481 e. The third-order valence-electron chi connectivity index (χ3n) is 6.88. The molecule has 1 aromatic heterocycles. The van der Waals surface area contributed by atoms with Crippen LogP contribution in [-0.2, 0) is 23.7 Å². The van der Waals surface area contributed by atoms with Gasteiger partial charge in [-0.15, -0.1) is 0 Å². The predicted octanol–water partition coefficient (Wildman–Crippen LogP) is 7.66. The molecule has 0 aliphatic heterocycles. The van der Waals surface area contributed by atoms with E-state index in [0.29, 0.717) is 29.0 Å². The van der Waals surface area contributed by atoms with Crippen molar-refractivity contribution in [1.29, 1.82) is 0 Å². The van der Waals surface area contributed by atoms with E-state index in [4.69, 9.17) is 5.11 Å². The molecule has 5 aromatic rings. The van der Waals surface area contributed by atoms with E-state index in [1.165, 1.54) is 22.9 Å². The second-order valence-electron chi connectivity index (χ2n) is 10.0. The average molecular weight is 612 g/mol. The number of alkyl halides is 6. The van der Waals surface area contributed by atoms with E-state index in [0.717, 1.165) is 10.8 Å². The van der Waals surface area contributed by atoms with Crippen LogP contribution in [0.1, 0.15) is 33.5 Å². The lowest BCUT2D eigenvalue weighted by Crippen LogP contribution is -2.25. The first-order chi connectivity index (χ1) is 20.8. The SMILES string of the molecule is O=C(O)CCNC(=O)c1ccc(Cn2nc(-c3cc(C(F)(F)F)cc(C(F)(F)F)c3)cc2-c2ccc3ccccc3c2)cc1. The number of hydrogen-bond acceptors (Lipinski definition) is 3. The second-order valence-corrected chi connectivity index (χ2v) is 10.0. The number of aliphatic carboxylic acids is 1. The Labute approximate surface area is 246 Å². The van der Waals surface area contributed by atoms with E-state index in [9.17, 15) is 35.9 Å². The smallest absolute Gasteiger partial charge is 0.416 e. The molecule has 0 saturated carbocycles. The Morgan fingerprint density at radius 2 is 1.39 bits per heavy atom. The van der Waals surface area contributed by atoms with Crippen LogP contribution in [0.25, 0.3) is 33.3 Å². The van der Waals surface area contributed by atoms with Gasteiger partial charge in [-0.25, -0.2) is 0 Å². The molecule has 0 aliphatic carbocycles. The van der Waals surface area contributed by atoms with Gasteiger partial charge in [-0.3, -0.25) is 14.3 Å². The monoisotopic (exact) mass is 611 g/mol. The minimum Gasteiger partial charge on any atom is -0.481 e. The van der Waals surface area contributed by atoms with Gasteiger partial charge in [-0.1, -0.05) is 48.5 Å². The van der Waals surface area contributed by atoms with Crippen molar-refractivity contribution in [3.05, 3.63) is 113 Å². The van der Waals surface area contributed by atoms with Crippen molar-refractivity contribution in [2.45, 2.75) is 25.3 Å². The molecule has 0 fully saturated rings. The summed E-state index contributed by atoms with van der Waals surface area (Å²) in [6.07, 6.45) is -10.3. The van der Waals surface area contributed by atoms with Crippen LogP contribution in [0.2, 0.25) is 0 Å². The molecule has 0 saturated heterocycles. The molecule has 0 atom stereocenters. The van der Waals surface area contributed by atoms with Gasteiger partial charge in [0.1, 0.15) is 0 Å². The maximum atomic E-state index is 13.6. The highest BCUT2D eigenvalue weighted by Crippen LogP contribution is 2.39. The van der Waals surface area contributed by atoms with Gasteiger partial charge in [0, 0.05) is 23.2 Å². The number of carbonyl (C=O) groups is 2. The molecule has 4 aromatic carbocycles. The van der Waals surface area contributed by atoms with Crippen molar-refractivity contribution in [1.82, 2.24) is 15.1 Å². The Hall–Kier alpha value is -5.13. The first kappa shape index (κ1) is 30.3. The summed E-state index contributed by atoms with van der Waals surface area (Å²) in [5, 5.41) is 17.5. The normalized spacial score (nSPS) is 12.0.